The Labute approximate surface area is 228 Å². The van der Waals surface area contributed by atoms with Crippen LogP contribution in [0.2, 0.25) is 10.0 Å². The first-order chi connectivity index (χ1) is 18.4. The van der Waals surface area contributed by atoms with Gasteiger partial charge in [0.1, 0.15) is 6.04 Å². The first-order valence-corrected chi connectivity index (χ1v) is 13.1. The normalized spacial score (nSPS) is 23.5. The number of Topliss-reactive ketones (excluding diaryl/α,β-unsaturated/α-hetero) is 1. The van der Waals surface area contributed by atoms with E-state index in [1.165, 1.54) is 11.0 Å². The predicted octanol–water partition coefficient (Wildman–Crippen LogP) is 6.54. The van der Waals surface area contributed by atoms with Gasteiger partial charge in [-0.15, -0.1) is 0 Å². The number of rotatable bonds is 3. The molecule has 3 aliphatic heterocycles. The molecule has 4 aromatic rings. The van der Waals surface area contributed by atoms with Crippen LogP contribution in [0.15, 0.2) is 91.1 Å². The molecular formula is C31H20Cl2N2O3. The zero-order chi connectivity index (χ0) is 26.1. The van der Waals surface area contributed by atoms with Gasteiger partial charge >= 0.3 is 0 Å². The van der Waals surface area contributed by atoms with Gasteiger partial charge in [-0.05, 0) is 58.3 Å². The highest BCUT2D eigenvalue weighted by molar-refractivity contribution is 6.37. The van der Waals surface area contributed by atoms with Crippen molar-refractivity contribution in [1.82, 2.24) is 4.90 Å². The van der Waals surface area contributed by atoms with E-state index in [9.17, 15) is 14.4 Å². The average molecular weight is 539 g/mol. The number of fused-ring (bicyclic) bond motifs is 6. The van der Waals surface area contributed by atoms with E-state index in [1.807, 2.05) is 77.8 Å². The monoisotopic (exact) mass is 538 g/mol. The van der Waals surface area contributed by atoms with Crippen molar-refractivity contribution >= 4 is 63.3 Å². The number of anilines is 1. The molecule has 7 rings (SSSR count). The highest BCUT2D eigenvalue weighted by Gasteiger charge is 2.64. The summed E-state index contributed by atoms with van der Waals surface area (Å²) in [7, 11) is 0. The molecule has 0 N–H and O–H groups in total. The number of hydrogen-bond donors (Lipinski definition) is 0. The first-order valence-electron chi connectivity index (χ1n) is 12.3. The number of imide groups is 1. The summed E-state index contributed by atoms with van der Waals surface area (Å²) in [5.74, 6) is -2.57. The van der Waals surface area contributed by atoms with Crippen LogP contribution in [-0.2, 0) is 9.59 Å². The summed E-state index contributed by atoms with van der Waals surface area (Å²) in [4.78, 5) is 45.5. The molecule has 4 aromatic carbocycles. The number of carbonyl (C=O) groups is 3. The van der Waals surface area contributed by atoms with Crippen LogP contribution in [0.4, 0.5) is 5.69 Å². The zero-order valence-corrected chi connectivity index (χ0v) is 21.4. The maximum absolute atomic E-state index is 14.1. The molecule has 5 nitrogen and oxygen atoms in total. The van der Waals surface area contributed by atoms with E-state index < -0.39 is 23.9 Å². The van der Waals surface area contributed by atoms with Gasteiger partial charge in [0.2, 0.25) is 11.8 Å². The van der Waals surface area contributed by atoms with Crippen LogP contribution in [0.25, 0.3) is 16.8 Å². The second kappa shape index (κ2) is 8.55. The molecule has 0 saturated carbocycles. The van der Waals surface area contributed by atoms with E-state index in [2.05, 4.69) is 0 Å². The average Bonchev–Trinajstić information content (AvgIpc) is 3.40. The van der Waals surface area contributed by atoms with Crippen molar-refractivity contribution < 1.29 is 14.4 Å². The number of hydrogen-bond acceptors (Lipinski definition) is 4. The minimum absolute atomic E-state index is 0.215. The second-order valence-corrected chi connectivity index (χ2v) is 10.7. The highest BCUT2D eigenvalue weighted by Crippen LogP contribution is 2.54. The Bertz CT molecular complexity index is 1710. The highest BCUT2D eigenvalue weighted by atomic mass is 35.5. The lowest BCUT2D eigenvalue weighted by atomic mass is 9.83. The van der Waals surface area contributed by atoms with Gasteiger partial charge in [-0.2, -0.15) is 0 Å². The number of ketones is 1. The third kappa shape index (κ3) is 3.29. The molecule has 0 aliphatic carbocycles. The minimum Gasteiger partial charge on any atom is -0.358 e. The molecule has 3 heterocycles. The van der Waals surface area contributed by atoms with Crippen molar-refractivity contribution in [3.63, 3.8) is 0 Å². The summed E-state index contributed by atoms with van der Waals surface area (Å²) < 4.78 is 0. The van der Waals surface area contributed by atoms with Gasteiger partial charge in [0.25, 0.3) is 0 Å². The maximum atomic E-state index is 14.1. The fourth-order valence-electron chi connectivity index (χ4n) is 6.28. The van der Waals surface area contributed by atoms with Crippen molar-refractivity contribution in [2.45, 2.75) is 12.1 Å². The fourth-order valence-corrected chi connectivity index (χ4v) is 6.78. The molecule has 7 heteroatoms. The Kier molecular flexibility index (Phi) is 5.22. The molecule has 0 bridgehead atoms. The summed E-state index contributed by atoms with van der Waals surface area (Å²) in [5, 5.41) is 2.57. The van der Waals surface area contributed by atoms with Crippen LogP contribution < -0.4 is 4.90 Å². The Morgan fingerprint density at radius 1 is 0.763 bits per heavy atom. The van der Waals surface area contributed by atoms with Gasteiger partial charge in [-0.1, -0.05) is 77.8 Å². The van der Waals surface area contributed by atoms with E-state index in [0.29, 0.717) is 10.7 Å². The molecule has 0 aromatic heterocycles. The van der Waals surface area contributed by atoms with Gasteiger partial charge in [-0.3, -0.25) is 14.4 Å². The van der Waals surface area contributed by atoms with Gasteiger partial charge < -0.3 is 4.90 Å². The van der Waals surface area contributed by atoms with E-state index in [-0.39, 0.29) is 28.2 Å². The Balaban J connectivity index is 1.38. The summed E-state index contributed by atoms with van der Waals surface area (Å²) in [6.07, 6.45) is 3.76. The SMILES string of the molecule is O=C(c1ccc(Cl)cc1Cl)C1C2C(=O)N(c3ccc4ccccc4c3)C(=O)C2C2c3ccccc3C=CN12. The van der Waals surface area contributed by atoms with E-state index in [0.717, 1.165) is 21.9 Å². The van der Waals surface area contributed by atoms with E-state index >= 15 is 0 Å². The van der Waals surface area contributed by atoms with Gasteiger partial charge in [-0.25, -0.2) is 4.90 Å². The van der Waals surface area contributed by atoms with Crippen molar-refractivity contribution in [1.29, 1.82) is 0 Å². The predicted molar refractivity (Wildman–Crippen MR) is 148 cm³/mol. The topological polar surface area (TPSA) is 57.7 Å². The largest absolute Gasteiger partial charge is 0.358 e. The van der Waals surface area contributed by atoms with Crippen LogP contribution in [0.3, 0.4) is 0 Å². The lowest BCUT2D eigenvalue weighted by molar-refractivity contribution is -0.123. The molecule has 38 heavy (non-hydrogen) atoms. The lowest BCUT2D eigenvalue weighted by Crippen LogP contribution is -2.44. The van der Waals surface area contributed by atoms with Crippen LogP contribution in [0, 0.1) is 11.8 Å². The minimum atomic E-state index is -0.893. The number of halogens is 2. The first kappa shape index (κ1) is 23.2. The lowest BCUT2D eigenvalue weighted by Gasteiger charge is -2.35. The Morgan fingerprint density at radius 2 is 1.50 bits per heavy atom. The van der Waals surface area contributed by atoms with Crippen molar-refractivity contribution in [3.05, 3.63) is 118 Å². The molecule has 2 saturated heterocycles. The van der Waals surface area contributed by atoms with Gasteiger partial charge in [0.05, 0.1) is 28.6 Å². The Hall–Kier alpha value is -3.93. The summed E-state index contributed by atoms with van der Waals surface area (Å²) in [6, 6.07) is 24.5. The molecule has 0 radical (unpaired) electrons. The van der Waals surface area contributed by atoms with Crippen LogP contribution >= 0.6 is 23.2 Å². The molecule has 186 valence electrons. The zero-order valence-electron chi connectivity index (χ0n) is 19.9. The van der Waals surface area contributed by atoms with Crippen molar-refractivity contribution in [2.75, 3.05) is 4.90 Å². The molecule has 3 aliphatic rings. The summed E-state index contributed by atoms with van der Waals surface area (Å²) in [6.45, 7) is 0. The number of carbonyl (C=O) groups excluding carboxylic acids is 3. The molecule has 2 fully saturated rings. The van der Waals surface area contributed by atoms with Gasteiger partial charge in [0, 0.05) is 16.8 Å². The smallest absolute Gasteiger partial charge is 0.240 e. The van der Waals surface area contributed by atoms with Gasteiger partial charge in [0.15, 0.2) is 5.78 Å². The third-order valence-corrected chi connectivity index (χ3v) is 8.47. The van der Waals surface area contributed by atoms with Crippen molar-refractivity contribution in [3.8, 4) is 0 Å². The molecule has 0 spiro atoms. The quantitative estimate of drug-likeness (QED) is 0.219. The number of nitrogens with zero attached hydrogens (tertiary/aromatic N) is 2. The summed E-state index contributed by atoms with van der Waals surface area (Å²) >= 11 is 12.5. The number of amides is 2. The van der Waals surface area contributed by atoms with Crippen molar-refractivity contribution in [2.24, 2.45) is 11.8 Å². The maximum Gasteiger partial charge on any atom is 0.240 e. The van der Waals surface area contributed by atoms with E-state index in [4.69, 9.17) is 23.2 Å². The molecule has 2 amide bonds. The van der Waals surface area contributed by atoms with E-state index in [1.54, 1.807) is 18.2 Å². The fraction of sp³-hybridized carbons (Fsp3) is 0.129. The second-order valence-electron chi connectivity index (χ2n) is 9.86. The van der Waals surface area contributed by atoms with Crippen LogP contribution in [0.5, 0.6) is 0 Å². The number of benzene rings is 4. The third-order valence-electron chi connectivity index (χ3n) is 7.92. The Morgan fingerprint density at radius 3 is 2.32 bits per heavy atom. The van der Waals surface area contributed by atoms with Crippen LogP contribution in [-0.4, -0.2) is 28.5 Å². The summed E-state index contributed by atoms with van der Waals surface area (Å²) in [5.41, 5.74) is 2.67. The standard InChI is InChI=1S/C31H20Cl2N2O3/c32-20-10-12-23(24(33)16-20)29(36)28-26-25(27-22-8-4-3-6-18(22)13-14-34(27)28)30(37)35(31(26)38)21-11-9-17-5-1-2-7-19(17)15-21/h1-16,25-28H. The molecule has 4 atom stereocenters. The molecule has 4 unspecified atom stereocenters. The van der Waals surface area contributed by atoms with Crippen LogP contribution in [0.1, 0.15) is 27.5 Å². The molecular weight excluding hydrogens is 519 g/mol.